The van der Waals surface area contributed by atoms with Crippen molar-refractivity contribution in [3.8, 4) is 11.5 Å². The van der Waals surface area contributed by atoms with Gasteiger partial charge in [0, 0.05) is 36.3 Å². The van der Waals surface area contributed by atoms with Gasteiger partial charge in [-0.2, -0.15) is 0 Å². The Labute approximate surface area is 127 Å². The summed E-state index contributed by atoms with van der Waals surface area (Å²) in [5, 5.41) is 13.9. The number of benzene rings is 1. The van der Waals surface area contributed by atoms with Crippen LogP contribution in [0.2, 0.25) is 0 Å². The number of aromatic hydroxyl groups is 1. The van der Waals surface area contributed by atoms with Gasteiger partial charge in [-0.05, 0) is 38.3 Å². The molecule has 0 saturated carbocycles. The fraction of sp³-hybridized carbons (Fsp3) is 0.647. The zero-order chi connectivity index (χ0) is 14.8. The molecule has 1 aromatic carbocycles. The summed E-state index contributed by atoms with van der Waals surface area (Å²) in [7, 11) is 1.62. The molecule has 4 nitrogen and oxygen atoms in total. The highest BCUT2D eigenvalue weighted by atomic mass is 16.5. The van der Waals surface area contributed by atoms with Gasteiger partial charge in [0.15, 0.2) is 0 Å². The number of phenols is 1. The molecular weight excluding hydrogens is 264 g/mol. The Bertz CT molecular complexity index is 480. The minimum atomic E-state index is 0.338. The first-order valence-electron chi connectivity index (χ1n) is 8.05. The molecule has 2 fully saturated rings. The Kier molecular flexibility index (Phi) is 4.36. The van der Waals surface area contributed by atoms with Gasteiger partial charge in [-0.15, -0.1) is 0 Å². The van der Waals surface area contributed by atoms with E-state index in [1.165, 1.54) is 25.7 Å². The molecule has 116 valence electrons. The number of ether oxygens (including phenoxy) is 1. The number of nitrogens with one attached hydrogen (secondary N) is 1. The summed E-state index contributed by atoms with van der Waals surface area (Å²) >= 11 is 0. The SMILES string of the molecule is CCN(Cc1ccc(OC)cc1O)C1CC2CCC(C1)N2. The monoisotopic (exact) mass is 290 g/mol. The highest BCUT2D eigenvalue weighted by Gasteiger charge is 2.35. The second-order valence-electron chi connectivity index (χ2n) is 6.32. The number of phenolic OH excluding ortho intramolecular Hbond substituents is 1. The second kappa shape index (κ2) is 6.24. The zero-order valence-corrected chi connectivity index (χ0v) is 13.0. The number of rotatable bonds is 5. The van der Waals surface area contributed by atoms with Crippen molar-refractivity contribution in [1.29, 1.82) is 0 Å². The minimum Gasteiger partial charge on any atom is -0.507 e. The van der Waals surface area contributed by atoms with E-state index >= 15 is 0 Å². The highest BCUT2D eigenvalue weighted by Crippen LogP contribution is 2.32. The van der Waals surface area contributed by atoms with E-state index in [2.05, 4.69) is 17.1 Å². The Morgan fingerprint density at radius 3 is 2.57 bits per heavy atom. The van der Waals surface area contributed by atoms with Gasteiger partial charge < -0.3 is 15.2 Å². The molecule has 0 aliphatic carbocycles. The molecule has 0 radical (unpaired) electrons. The highest BCUT2D eigenvalue weighted by molar-refractivity contribution is 5.39. The van der Waals surface area contributed by atoms with E-state index in [4.69, 9.17) is 4.74 Å². The van der Waals surface area contributed by atoms with E-state index in [1.807, 2.05) is 12.1 Å². The average Bonchev–Trinajstić information content (AvgIpc) is 2.84. The summed E-state index contributed by atoms with van der Waals surface area (Å²) in [5.41, 5.74) is 0.989. The van der Waals surface area contributed by atoms with Crippen molar-refractivity contribution >= 4 is 0 Å². The van der Waals surface area contributed by atoms with Crippen LogP contribution in [0.1, 0.15) is 38.2 Å². The topological polar surface area (TPSA) is 44.7 Å². The fourth-order valence-electron chi connectivity index (χ4n) is 3.85. The molecule has 2 atom stereocenters. The predicted molar refractivity (Wildman–Crippen MR) is 83.7 cm³/mol. The van der Waals surface area contributed by atoms with Crippen molar-refractivity contribution < 1.29 is 9.84 Å². The van der Waals surface area contributed by atoms with Crippen molar-refractivity contribution in [2.45, 2.75) is 57.3 Å². The third-order valence-electron chi connectivity index (χ3n) is 5.04. The first kappa shape index (κ1) is 14.7. The van der Waals surface area contributed by atoms with Gasteiger partial charge in [0.2, 0.25) is 0 Å². The number of nitrogens with zero attached hydrogens (tertiary/aromatic N) is 1. The van der Waals surface area contributed by atoms with Crippen molar-refractivity contribution in [2.75, 3.05) is 13.7 Å². The van der Waals surface area contributed by atoms with Gasteiger partial charge in [-0.25, -0.2) is 0 Å². The summed E-state index contributed by atoms with van der Waals surface area (Å²) in [5.74, 6) is 1.05. The zero-order valence-electron chi connectivity index (χ0n) is 13.0. The van der Waals surface area contributed by atoms with Crippen LogP contribution in [0, 0.1) is 0 Å². The van der Waals surface area contributed by atoms with Gasteiger partial charge in [0.05, 0.1) is 7.11 Å². The standard InChI is InChI=1S/C17H26N2O2/c1-3-19(15-8-13-5-6-14(9-15)18-13)11-12-4-7-16(21-2)10-17(12)20/h4,7,10,13-15,18,20H,3,5-6,8-9,11H2,1-2H3. The molecule has 1 aromatic rings. The van der Waals surface area contributed by atoms with E-state index in [0.29, 0.717) is 29.6 Å². The lowest BCUT2D eigenvalue weighted by molar-refractivity contribution is 0.139. The third-order valence-corrected chi connectivity index (χ3v) is 5.04. The van der Waals surface area contributed by atoms with Crippen LogP contribution < -0.4 is 10.1 Å². The van der Waals surface area contributed by atoms with Crippen molar-refractivity contribution in [3.05, 3.63) is 23.8 Å². The molecule has 2 aliphatic heterocycles. The van der Waals surface area contributed by atoms with E-state index in [0.717, 1.165) is 18.7 Å². The van der Waals surface area contributed by atoms with Gasteiger partial charge >= 0.3 is 0 Å². The van der Waals surface area contributed by atoms with E-state index in [1.54, 1.807) is 13.2 Å². The van der Waals surface area contributed by atoms with Gasteiger partial charge in [-0.1, -0.05) is 13.0 Å². The molecule has 3 rings (SSSR count). The maximum absolute atomic E-state index is 10.2. The summed E-state index contributed by atoms with van der Waals surface area (Å²) in [6.07, 6.45) is 5.13. The second-order valence-corrected chi connectivity index (χ2v) is 6.32. The van der Waals surface area contributed by atoms with Crippen molar-refractivity contribution in [2.24, 2.45) is 0 Å². The number of methoxy groups -OCH3 is 1. The molecule has 0 amide bonds. The Morgan fingerprint density at radius 1 is 1.29 bits per heavy atom. The number of hydrogen-bond acceptors (Lipinski definition) is 4. The summed E-state index contributed by atoms with van der Waals surface area (Å²) in [6, 6.07) is 7.64. The van der Waals surface area contributed by atoms with Gasteiger partial charge in [0.25, 0.3) is 0 Å². The van der Waals surface area contributed by atoms with Crippen LogP contribution >= 0.6 is 0 Å². The van der Waals surface area contributed by atoms with Crippen LogP contribution in [0.3, 0.4) is 0 Å². The smallest absolute Gasteiger partial charge is 0.123 e. The molecule has 2 bridgehead atoms. The van der Waals surface area contributed by atoms with Crippen molar-refractivity contribution in [1.82, 2.24) is 10.2 Å². The van der Waals surface area contributed by atoms with E-state index in [-0.39, 0.29) is 0 Å². The molecule has 4 heteroatoms. The van der Waals surface area contributed by atoms with Crippen molar-refractivity contribution in [3.63, 3.8) is 0 Å². The Balaban J connectivity index is 1.69. The lowest BCUT2D eigenvalue weighted by Crippen LogP contribution is -2.47. The lowest BCUT2D eigenvalue weighted by Gasteiger charge is -2.37. The first-order chi connectivity index (χ1) is 10.2. The number of fused-ring (bicyclic) bond motifs is 2. The fourth-order valence-corrected chi connectivity index (χ4v) is 3.85. The average molecular weight is 290 g/mol. The van der Waals surface area contributed by atoms with Gasteiger partial charge in [-0.3, -0.25) is 4.90 Å². The third kappa shape index (κ3) is 3.16. The van der Waals surface area contributed by atoms with Crippen LogP contribution in [0.15, 0.2) is 18.2 Å². The molecule has 2 heterocycles. The largest absolute Gasteiger partial charge is 0.507 e. The van der Waals surface area contributed by atoms with E-state index < -0.39 is 0 Å². The van der Waals surface area contributed by atoms with Crippen LogP contribution in [-0.4, -0.2) is 41.8 Å². The summed E-state index contributed by atoms with van der Waals surface area (Å²) in [6.45, 7) is 4.05. The maximum Gasteiger partial charge on any atom is 0.123 e. The minimum absolute atomic E-state index is 0.338. The van der Waals surface area contributed by atoms with E-state index in [9.17, 15) is 5.11 Å². The molecular formula is C17H26N2O2. The summed E-state index contributed by atoms with van der Waals surface area (Å²) < 4.78 is 5.15. The molecule has 2 saturated heterocycles. The molecule has 21 heavy (non-hydrogen) atoms. The van der Waals surface area contributed by atoms with Crippen LogP contribution in [-0.2, 0) is 6.54 Å². The number of hydrogen-bond donors (Lipinski definition) is 2. The quantitative estimate of drug-likeness (QED) is 0.874. The molecule has 0 aromatic heterocycles. The first-order valence-corrected chi connectivity index (χ1v) is 8.05. The normalized spacial score (nSPS) is 28.0. The Morgan fingerprint density at radius 2 is 2.00 bits per heavy atom. The molecule has 2 N–H and O–H groups in total. The predicted octanol–water partition coefficient (Wildman–Crippen LogP) is 2.51. The summed E-state index contributed by atoms with van der Waals surface area (Å²) in [4.78, 5) is 2.51. The van der Waals surface area contributed by atoms with Crippen LogP contribution in [0.4, 0.5) is 0 Å². The Hall–Kier alpha value is -1.26. The molecule has 2 aliphatic rings. The van der Waals surface area contributed by atoms with Crippen LogP contribution in [0.25, 0.3) is 0 Å². The maximum atomic E-state index is 10.2. The molecule has 2 unspecified atom stereocenters. The number of piperidine rings is 1. The van der Waals surface area contributed by atoms with Crippen LogP contribution in [0.5, 0.6) is 11.5 Å². The lowest BCUT2D eigenvalue weighted by atomic mass is 9.97. The van der Waals surface area contributed by atoms with Gasteiger partial charge in [0.1, 0.15) is 11.5 Å². The molecule has 0 spiro atoms.